The molecular formula is C24H30N2O2. The Hall–Kier alpha value is -2.56. The third-order valence-corrected chi connectivity index (χ3v) is 5.06. The number of ether oxygens (including phenoxy) is 2. The van der Waals surface area contributed by atoms with Gasteiger partial charge < -0.3 is 9.47 Å². The Balaban J connectivity index is 1.42. The quantitative estimate of drug-likeness (QED) is 0.692. The summed E-state index contributed by atoms with van der Waals surface area (Å²) in [6, 6.07) is 16.2. The van der Waals surface area contributed by atoms with Crippen molar-refractivity contribution in [1.82, 2.24) is 9.80 Å². The Morgan fingerprint density at radius 2 is 1.07 bits per heavy atom. The zero-order valence-electron chi connectivity index (χ0n) is 16.9. The summed E-state index contributed by atoms with van der Waals surface area (Å²) >= 11 is 0. The average molecular weight is 379 g/mol. The normalized spacial score (nSPS) is 16.1. The molecule has 0 amide bonds. The van der Waals surface area contributed by atoms with E-state index in [0.29, 0.717) is 0 Å². The highest BCUT2D eigenvalue weighted by Crippen LogP contribution is 2.19. The summed E-state index contributed by atoms with van der Waals surface area (Å²) < 4.78 is 10.8. The van der Waals surface area contributed by atoms with Crippen molar-refractivity contribution in [2.75, 3.05) is 53.5 Å². The number of hydrogen-bond donors (Lipinski definition) is 0. The highest BCUT2D eigenvalue weighted by molar-refractivity contribution is 5.57. The lowest BCUT2D eigenvalue weighted by molar-refractivity contribution is 0.154. The molecule has 0 radical (unpaired) electrons. The summed E-state index contributed by atoms with van der Waals surface area (Å²) in [5.74, 6) is 1.84. The van der Waals surface area contributed by atoms with Crippen LogP contribution in [0.25, 0.3) is 12.2 Å². The molecule has 0 unspecified atom stereocenters. The van der Waals surface area contributed by atoms with Crippen LogP contribution in [-0.4, -0.2) is 63.3 Å². The molecule has 0 N–H and O–H groups in total. The maximum atomic E-state index is 5.40. The van der Waals surface area contributed by atoms with Gasteiger partial charge >= 0.3 is 0 Å². The fourth-order valence-electron chi connectivity index (χ4n) is 3.42. The molecule has 4 heteroatoms. The maximum absolute atomic E-state index is 5.40. The van der Waals surface area contributed by atoms with Crippen molar-refractivity contribution in [3.8, 4) is 11.5 Å². The molecule has 2 aromatic carbocycles. The van der Waals surface area contributed by atoms with Crippen molar-refractivity contribution in [1.29, 1.82) is 0 Å². The van der Waals surface area contributed by atoms with E-state index in [9.17, 15) is 0 Å². The van der Waals surface area contributed by atoms with Gasteiger partial charge in [0.05, 0.1) is 14.2 Å². The number of methoxy groups -OCH3 is 2. The minimum Gasteiger partial charge on any atom is -0.496 e. The molecule has 0 bridgehead atoms. The van der Waals surface area contributed by atoms with Gasteiger partial charge in [-0.2, -0.15) is 0 Å². The molecule has 0 saturated carbocycles. The molecule has 2 aromatic rings. The second-order valence-electron chi connectivity index (χ2n) is 6.89. The number of hydrogen-bond acceptors (Lipinski definition) is 4. The lowest BCUT2D eigenvalue weighted by Gasteiger charge is -2.33. The average Bonchev–Trinajstić information content (AvgIpc) is 2.75. The van der Waals surface area contributed by atoms with Gasteiger partial charge in [-0.15, -0.1) is 0 Å². The zero-order valence-corrected chi connectivity index (χ0v) is 16.9. The molecule has 4 nitrogen and oxygen atoms in total. The number of para-hydroxylation sites is 2. The Labute approximate surface area is 168 Å². The van der Waals surface area contributed by atoms with Crippen LogP contribution in [0, 0.1) is 0 Å². The van der Waals surface area contributed by atoms with Crippen LogP contribution in [0.3, 0.4) is 0 Å². The topological polar surface area (TPSA) is 24.9 Å². The van der Waals surface area contributed by atoms with Gasteiger partial charge in [-0.25, -0.2) is 0 Å². The Morgan fingerprint density at radius 1 is 0.679 bits per heavy atom. The van der Waals surface area contributed by atoms with Crippen LogP contribution in [0.1, 0.15) is 11.1 Å². The fourth-order valence-corrected chi connectivity index (χ4v) is 3.42. The van der Waals surface area contributed by atoms with E-state index in [1.54, 1.807) is 14.2 Å². The number of nitrogens with zero attached hydrogens (tertiary/aromatic N) is 2. The second kappa shape index (κ2) is 10.7. The van der Waals surface area contributed by atoms with E-state index in [2.05, 4.69) is 46.2 Å². The SMILES string of the molecule is COc1ccccc1/C=C/CN1CCN(C/C=C/c2ccccc2OC)CC1. The highest BCUT2D eigenvalue weighted by atomic mass is 16.5. The molecule has 148 valence electrons. The van der Waals surface area contributed by atoms with E-state index >= 15 is 0 Å². The molecule has 3 rings (SSSR count). The standard InChI is InChI=1S/C24H30N2O2/c1-27-23-13-5-3-9-21(23)11-7-15-25-17-19-26(20-18-25)16-8-12-22-10-4-6-14-24(22)28-2/h3-14H,15-20H2,1-2H3/b11-7+,12-8+. The van der Waals surface area contributed by atoms with E-state index in [1.165, 1.54) is 0 Å². The van der Waals surface area contributed by atoms with E-state index in [-0.39, 0.29) is 0 Å². The Kier molecular flexibility index (Phi) is 7.71. The second-order valence-corrected chi connectivity index (χ2v) is 6.89. The first-order chi connectivity index (χ1) is 13.8. The van der Waals surface area contributed by atoms with Crippen molar-refractivity contribution in [3.63, 3.8) is 0 Å². The molecule has 0 atom stereocenters. The molecule has 1 heterocycles. The van der Waals surface area contributed by atoms with Crippen LogP contribution in [0.4, 0.5) is 0 Å². The summed E-state index contributed by atoms with van der Waals surface area (Å²) in [5, 5.41) is 0. The maximum Gasteiger partial charge on any atom is 0.126 e. The molecule has 0 aliphatic carbocycles. The minimum absolute atomic E-state index is 0.922. The van der Waals surface area contributed by atoms with Crippen molar-refractivity contribution < 1.29 is 9.47 Å². The number of benzene rings is 2. The fraction of sp³-hybridized carbons (Fsp3) is 0.333. The predicted octanol–water partition coefficient (Wildman–Crippen LogP) is 4.05. The van der Waals surface area contributed by atoms with Crippen LogP contribution >= 0.6 is 0 Å². The van der Waals surface area contributed by atoms with Gasteiger partial charge in [0.15, 0.2) is 0 Å². The number of rotatable bonds is 8. The van der Waals surface area contributed by atoms with E-state index in [4.69, 9.17) is 9.47 Å². The monoisotopic (exact) mass is 378 g/mol. The first kappa shape index (κ1) is 20.2. The summed E-state index contributed by atoms with van der Waals surface area (Å²) in [6.45, 7) is 6.33. The molecular weight excluding hydrogens is 348 g/mol. The van der Waals surface area contributed by atoms with Crippen LogP contribution in [0.15, 0.2) is 60.7 Å². The van der Waals surface area contributed by atoms with Crippen LogP contribution in [0.2, 0.25) is 0 Å². The summed E-state index contributed by atoms with van der Waals surface area (Å²) in [5.41, 5.74) is 2.26. The van der Waals surface area contributed by atoms with Crippen molar-refractivity contribution in [2.45, 2.75) is 0 Å². The molecule has 0 aromatic heterocycles. The van der Waals surface area contributed by atoms with Gasteiger partial charge in [0.25, 0.3) is 0 Å². The molecule has 1 aliphatic rings. The minimum atomic E-state index is 0.922. The highest BCUT2D eigenvalue weighted by Gasteiger charge is 2.14. The van der Waals surface area contributed by atoms with Crippen LogP contribution in [0.5, 0.6) is 11.5 Å². The molecule has 1 aliphatic heterocycles. The smallest absolute Gasteiger partial charge is 0.126 e. The molecule has 28 heavy (non-hydrogen) atoms. The van der Waals surface area contributed by atoms with E-state index in [1.807, 2.05) is 36.4 Å². The van der Waals surface area contributed by atoms with Crippen LogP contribution in [-0.2, 0) is 0 Å². The van der Waals surface area contributed by atoms with Crippen molar-refractivity contribution in [2.24, 2.45) is 0 Å². The van der Waals surface area contributed by atoms with Crippen molar-refractivity contribution in [3.05, 3.63) is 71.8 Å². The lowest BCUT2D eigenvalue weighted by atomic mass is 10.2. The zero-order chi connectivity index (χ0) is 19.6. The first-order valence-electron chi connectivity index (χ1n) is 9.84. The first-order valence-corrected chi connectivity index (χ1v) is 9.84. The Bertz CT molecular complexity index is 725. The Morgan fingerprint density at radius 3 is 1.46 bits per heavy atom. The van der Waals surface area contributed by atoms with Crippen LogP contribution < -0.4 is 9.47 Å². The summed E-state index contributed by atoms with van der Waals surface area (Å²) in [7, 11) is 3.43. The number of piperazine rings is 1. The third kappa shape index (κ3) is 5.72. The third-order valence-electron chi connectivity index (χ3n) is 5.06. The molecule has 0 spiro atoms. The van der Waals surface area contributed by atoms with Gasteiger partial charge in [0.2, 0.25) is 0 Å². The predicted molar refractivity (Wildman–Crippen MR) is 117 cm³/mol. The van der Waals surface area contributed by atoms with Gasteiger partial charge in [-0.3, -0.25) is 9.80 Å². The van der Waals surface area contributed by atoms with E-state index in [0.717, 1.165) is 61.9 Å². The van der Waals surface area contributed by atoms with Crippen molar-refractivity contribution >= 4 is 12.2 Å². The van der Waals surface area contributed by atoms with Gasteiger partial charge in [-0.1, -0.05) is 60.7 Å². The summed E-state index contributed by atoms with van der Waals surface area (Å²) in [4.78, 5) is 4.98. The molecule has 1 fully saturated rings. The van der Waals surface area contributed by atoms with Gasteiger partial charge in [0, 0.05) is 50.4 Å². The van der Waals surface area contributed by atoms with Gasteiger partial charge in [-0.05, 0) is 12.1 Å². The summed E-state index contributed by atoms with van der Waals surface area (Å²) in [6.07, 6.45) is 8.77. The largest absolute Gasteiger partial charge is 0.496 e. The lowest BCUT2D eigenvalue weighted by Crippen LogP contribution is -2.46. The van der Waals surface area contributed by atoms with Gasteiger partial charge in [0.1, 0.15) is 11.5 Å². The van der Waals surface area contributed by atoms with E-state index < -0.39 is 0 Å². The molecule has 1 saturated heterocycles.